The van der Waals surface area contributed by atoms with Gasteiger partial charge in [0.1, 0.15) is 0 Å². The van der Waals surface area contributed by atoms with Gasteiger partial charge in [-0.1, -0.05) is 0 Å². The summed E-state index contributed by atoms with van der Waals surface area (Å²) in [7, 11) is 1.92. The molecular formula is C8H12N2O. The fraction of sp³-hybridized carbons (Fsp3) is 0.625. The van der Waals surface area contributed by atoms with Crippen LogP contribution < -0.4 is 0 Å². The molecule has 2 atom stereocenters. The minimum absolute atomic E-state index is 0.319. The summed E-state index contributed by atoms with van der Waals surface area (Å²) < 4.78 is 1.81. The van der Waals surface area contributed by atoms with Crippen LogP contribution in [0, 0.1) is 5.92 Å². The van der Waals surface area contributed by atoms with Gasteiger partial charge in [0.05, 0.1) is 6.20 Å². The number of hydrogen-bond acceptors (Lipinski definition) is 2. The molecule has 0 spiro atoms. The predicted molar refractivity (Wildman–Crippen MR) is 41.1 cm³/mol. The largest absolute Gasteiger partial charge is 0.396 e. The Hall–Kier alpha value is -0.830. The van der Waals surface area contributed by atoms with Crippen LogP contribution in [0.15, 0.2) is 12.4 Å². The van der Waals surface area contributed by atoms with Crippen molar-refractivity contribution in [2.24, 2.45) is 13.0 Å². The second-order valence-electron chi connectivity index (χ2n) is 3.23. The number of aryl methyl sites for hydroxylation is 1. The quantitative estimate of drug-likeness (QED) is 0.670. The van der Waals surface area contributed by atoms with E-state index in [4.69, 9.17) is 5.11 Å². The van der Waals surface area contributed by atoms with Crippen LogP contribution in [0.3, 0.4) is 0 Å². The molecule has 1 aromatic rings. The Balaban J connectivity index is 2.08. The van der Waals surface area contributed by atoms with E-state index in [1.807, 2.05) is 24.1 Å². The molecule has 3 heteroatoms. The number of aliphatic hydroxyl groups excluding tert-OH is 1. The molecule has 0 aliphatic heterocycles. The van der Waals surface area contributed by atoms with Crippen LogP contribution in [0.1, 0.15) is 17.9 Å². The first-order valence-electron chi connectivity index (χ1n) is 3.90. The molecule has 0 amide bonds. The molecule has 11 heavy (non-hydrogen) atoms. The van der Waals surface area contributed by atoms with E-state index < -0.39 is 0 Å². The Bertz CT molecular complexity index is 256. The van der Waals surface area contributed by atoms with Gasteiger partial charge >= 0.3 is 0 Å². The second kappa shape index (κ2) is 2.34. The lowest BCUT2D eigenvalue weighted by atomic mass is 10.2. The average Bonchev–Trinajstić information content (AvgIpc) is 2.68. The molecular weight excluding hydrogens is 140 g/mol. The zero-order valence-corrected chi connectivity index (χ0v) is 6.57. The predicted octanol–water partition coefficient (Wildman–Crippen LogP) is 0.516. The van der Waals surface area contributed by atoms with Gasteiger partial charge in [0, 0.05) is 19.9 Å². The summed E-state index contributed by atoms with van der Waals surface area (Å²) in [5.74, 6) is 1.08. The van der Waals surface area contributed by atoms with Crippen molar-refractivity contribution < 1.29 is 5.11 Å². The first-order chi connectivity index (χ1) is 5.31. The number of rotatable bonds is 2. The highest BCUT2D eigenvalue weighted by Gasteiger charge is 2.38. The van der Waals surface area contributed by atoms with Crippen LogP contribution in [-0.2, 0) is 7.05 Å². The highest BCUT2D eigenvalue weighted by molar-refractivity contribution is 5.19. The standard InChI is InChI=1S/C8H12N2O/c1-10-4-7(3-9-10)8-2-6(8)5-11/h3-4,6,8,11H,2,5H2,1H3/t6-,8+/m1/s1. The van der Waals surface area contributed by atoms with Crippen molar-refractivity contribution in [3.8, 4) is 0 Å². The molecule has 1 aliphatic rings. The van der Waals surface area contributed by atoms with E-state index in [9.17, 15) is 0 Å². The summed E-state index contributed by atoms with van der Waals surface area (Å²) in [5, 5.41) is 12.9. The van der Waals surface area contributed by atoms with Crippen LogP contribution >= 0.6 is 0 Å². The zero-order valence-electron chi connectivity index (χ0n) is 6.57. The van der Waals surface area contributed by atoms with E-state index in [0.717, 1.165) is 6.42 Å². The molecule has 2 rings (SSSR count). The zero-order chi connectivity index (χ0) is 7.84. The smallest absolute Gasteiger partial charge is 0.0524 e. The lowest BCUT2D eigenvalue weighted by Crippen LogP contribution is -1.87. The highest BCUT2D eigenvalue weighted by atomic mass is 16.3. The van der Waals surface area contributed by atoms with E-state index in [1.165, 1.54) is 5.56 Å². The van der Waals surface area contributed by atoms with Crippen molar-refractivity contribution in [2.75, 3.05) is 6.61 Å². The van der Waals surface area contributed by atoms with Crippen LogP contribution in [0.2, 0.25) is 0 Å². The minimum Gasteiger partial charge on any atom is -0.396 e. The average molecular weight is 152 g/mol. The Labute approximate surface area is 65.7 Å². The van der Waals surface area contributed by atoms with Crippen molar-refractivity contribution in [3.05, 3.63) is 18.0 Å². The van der Waals surface area contributed by atoms with Crippen molar-refractivity contribution in [2.45, 2.75) is 12.3 Å². The Morgan fingerprint density at radius 2 is 2.64 bits per heavy atom. The van der Waals surface area contributed by atoms with E-state index in [-0.39, 0.29) is 0 Å². The van der Waals surface area contributed by atoms with Gasteiger partial charge in [-0.15, -0.1) is 0 Å². The monoisotopic (exact) mass is 152 g/mol. The number of hydrogen-bond donors (Lipinski definition) is 1. The minimum atomic E-state index is 0.319. The Kier molecular flexibility index (Phi) is 1.46. The summed E-state index contributed by atoms with van der Waals surface area (Å²) >= 11 is 0. The first-order valence-corrected chi connectivity index (χ1v) is 3.90. The normalized spacial score (nSPS) is 28.9. The van der Waals surface area contributed by atoms with Gasteiger partial charge in [0.25, 0.3) is 0 Å². The maximum atomic E-state index is 8.82. The van der Waals surface area contributed by atoms with Crippen molar-refractivity contribution in [1.29, 1.82) is 0 Å². The van der Waals surface area contributed by atoms with E-state index in [1.54, 1.807) is 0 Å². The van der Waals surface area contributed by atoms with Crippen LogP contribution in [0.25, 0.3) is 0 Å². The molecule has 1 saturated carbocycles. The van der Waals surface area contributed by atoms with Gasteiger partial charge in [-0.2, -0.15) is 5.10 Å². The van der Waals surface area contributed by atoms with Gasteiger partial charge in [-0.3, -0.25) is 4.68 Å². The number of nitrogens with zero attached hydrogens (tertiary/aromatic N) is 2. The Morgan fingerprint density at radius 3 is 3.09 bits per heavy atom. The molecule has 1 heterocycles. The summed E-state index contributed by atoms with van der Waals surface area (Å²) in [4.78, 5) is 0. The van der Waals surface area contributed by atoms with Crippen molar-refractivity contribution in [3.63, 3.8) is 0 Å². The van der Waals surface area contributed by atoms with Gasteiger partial charge in [-0.25, -0.2) is 0 Å². The summed E-state index contributed by atoms with van der Waals surface area (Å²) in [6, 6.07) is 0. The number of aliphatic hydroxyl groups is 1. The Morgan fingerprint density at radius 1 is 1.82 bits per heavy atom. The summed E-state index contributed by atoms with van der Waals surface area (Å²) in [5.41, 5.74) is 1.27. The molecule has 3 nitrogen and oxygen atoms in total. The van der Waals surface area contributed by atoms with Gasteiger partial charge in [0.15, 0.2) is 0 Å². The second-order valence-corrected chi connectivity index (χ2v) is 3.23. The van der Waals surface area contributed by atoms with E-state index in [2.05, 4.69) is 5.10 Å². The van der Waals surface area contributed by atoms with Crippen molar-refractivity contribution in [1.82, 2.24) is 9.78 Å². The lowest BCUT2D eigenvalue weighted by Gasteiger charge is -1.89. The molecule has 0 radical (unpaired) electrons. The van der Waals surface area contributed by atoms with Crippen LogP contribution in [0.4, 0.5) is 0 Å². The first kappa shape index (κ1) is 6.85. The third kappa shape index (κ3) is 1.16. The van der Waals surface area contributed by atoms with E-state index >= 15 is 0 Å². The summed E-state index contributed by atoms with van der Waals surface area (Å²) in [6.07, 6.45) is 5.04. The van der Waals surface area contributed by atoms with Crippen LogP contribution in [-0.4, -0.2) is 21.5 Å². The molecule has 1 fully saturated rings. The van der Waals surface area contributed by atoms with Gasteiger partial charge in [0.2, 0.25) is 0 Å². The molecule has 60 valence electrons. The highest BCUT2D eigenvalue weighted by Crippen LogP contribution is 2.46. The molecule has 1 N–H and O–H groups in total. The fourth-order valence-corrected chi connectivity index (χ4v) is 1.49. The topological polar surface area (TPSA) is 38.0 Å². The van der Waals surface area contributed by atoms with E-state index in [0.29, 0.717) is 18.4 Å². The molecule has 0 bridgehead atoms. The molecule has 0 unspecified atom stereocenters. The lowest BCUT2D eigenvalue weighted by molar-refractivity contribution is 0.274. The third-order valence-corrected chi connectivity index (χ3v) is 2.31. The maximum Gasteiger partial charge on any atom is 0.0524 e. The molecule has 0 saturated heterocycles. The van der Waals surface area contributed by atoms with Crippen molar-refractivity contribution >= 4 is 0 Å². The molecule has 0 aromatic carbocycles. The fourth-order valence-electron chi connectivity index (χ4n) is 1.49. The summed E-state index contributed by atoms with van der Waals surface area (Å²) in [6.45, 7) is 0.319. The third-order valence-electron chi connectivity index (χ3n) is 2.31. The van der Waals surface area contributed by atoms with Gasteiger partial charge in [-0.05, 0) is 23.8 Å². The molecule has 1 aliphatic carbocycles. The molecule has 1 aromatic heterocycles. The van der Waals surface area contributed by atoms with Gasteiger partial charge < -0.3 is 5.11 Å². The maximum absolute atomic E-state index is 8.82. The SMILES string of the molecule is Cn1cc([C@H]2C[C@@H]2CO)cn1. The number of aromatic nitrogens is 2. The van der Waals surface area contributed by atoms with Crippen LogP contribution in [0.5, 0.6) is 0 Å².